The molecule has 2 heterocycles. The molecule has 13 heteroatoms. The van der Waals surface area contributed by atoms with Crippen LogP contribution in [-0.2, 0) is 28.9 Å². The minimum absolute atomic E-state index is 0.0680. The Balaban J connectivity index is 1.55. The zero-order valence-corrected chi connectivity index (χ0v) is 22.6. The van der Waals surface area contributed by atoms with Crippen molar-refractivity contribution in [1.82, 2.24) is 25.5 Å². The molecule has 5 aromatic rings. The van der Waals surface area contributed by atoms with Crippen molar-refractivity contribution in [2.24, 2.45) is 0 Å². The first-order valence-electron chi connectivity index (χ1n) is 13.0. The van der Waals surface area contributed by atoms with Gasteiger partial charge in [-0.2, -0.15) is 18.0 Å². The maximum atomic E-state index is 13.9. The van der Waals surface area contributed by atoms with Crippen molar-refractivity contribution in [3.63, 3.8) is 0 Å². The number of carbonyl (C=O) groups is 2. The first-order valence-corrected chi connectivity index (χ1v) is 13.0. The van der Waals surface area contributed by atoms with Gasteiger partial charge in [0.2, 0.25) is 11.7 Å². The van der Waals surface area contributed by atoms with Gasteiger partial charge in [0.15, 0.2) is 5.76 Å². The minimum atomic E-state index is -4.73. The second-order valence-corrected chi connectivity index (χ2v) is 9.52. The molecule has 0 fully saturated rings. The summed E-state index contributed by atoms with van der Waals surface area (Å²) in [6, 6.07) is 19.5. The molecule has 0 unspecified atom stereocenters. The SMILES string of the molecule is Cc1ccc(-c2nnn(CC(=O)N(c3cccc(C(F)(F)F)c3)[C@H](C(=O)NCc3ccccc3)c3ccc(F)cc3)n2)o1. The molecule has 9 nitrogen and oxygen atoms in total. The maximum absolute atomic E-state index is 13.9. The second kappa shape index (κ2) is 12.3. The number of carbonyl (C=O) groups excluding carboxylic acids is 2. The molecule has 5 rings (SSSR count). The summed E-state index contributed by atoms with van der Waals surface area (Å²) >= 11 is 0. The molecule has 0 radical (unpaired) electrons. The number of furan rings is 1. The standard InChI is InChI=1S/C30H24F4N6O3/c1-19-10-15-25(43-19)28-36-38-39(37-28)18-26(41)40(24-9-5-8-22(16-24)30(32,33)34)27(21-11-13-23(31)14-12-21)29(42)35-17-20-6-3-2-4-7-20/h2-16,27H,17-18H2,1H3,(H,35,42)/t27-/m0/s1. The summed E-state index contributed by atoms with van der Waals surface area (Å²) in [6.45, 7) is 1.20. The van der Waals surface area contributed by atoms with Crippen molar-refractivity contribution in [2.45, 2.75) is 32.2 Å². The fourth-order valence-corrected chi connectivity index (χ4v) is 4.37. The van der Waals surface area contributed by atoms with Crippen LogP contribution in [0.3, 0.4) is 0 Å². The molecule has 1 atom stereocenters. The van der Waals surface area contributed by atoms with Crippen LogP contribution >= 0.6 is 0 Å². The molecule has 0 aliphatic heterocycles. The predicted molar refractivity (Wildman–Crippen MR) is 147 cm³/mol. The third-order valence-corrected chi connectivity index (χ3v) is 6.41. The van der Waals surface area contributed by atoms with E-state index >= 15 is 0 Å². The monoisotopic (exact) mass is 592 g/mol. The Hall–Kier alpha value is -5.33. The smallest absolute Gasteiger partial charge is 0.416 e. The highest BCUT2D eigenvalue weighted by Gasteiger charge is 2.36. The van der Waals surface area contributed by atoms with Crippen molar-refractivity contribution in [3.8, 4) is 11.6 Å². The molecule has 1 N–H and O–H groups in total. The normalized spacial score (nSPS) is 12.1. The van der Waals surface area contributed by atoms with E-state index in [4.69, 9.17) is 4.42 Å². The van der Waals surface area contributed by atoms with Gasteiger partial charge in [0.05, 0.1) is 5.56 Å². The molecule has 220 valence electrons. The Morgan fingerprint density at radius 3 is 2.40 bits per heavy atom. The number of hydrogen-bond donors (Lipinski definition) is 1. The number of aryl methyl sites for hydroxylation is 1. The molecular weight excluding hydrogens is 568 g/mol. The summed E-state index contributed by atoms with van der Waals surface area (Å²) in [5.41, 5.74) is -0.333. The topological polar surface area (TPSA) is 106 Å². The van der Waals surface area contributed by atoms with Crippen molar-refractivity contribution < 1.29 is 31.6 Å². The molecule has 0 spiro atoms. The van der Waals surface area contributed by atoms with Crippen molar-refractivity contribution in [3.05, 3.63) is 119 Å². The van der Waals surface area contributed by atoms with Crippen LogP contribution in [0.2, 0.25) is 0 Å². The molecule has 0 bridgehead atoms. The first-order chi connectivity index (χ1) is 20.6. The Morgan fingerprint density at radius 1 is 0.977 bits per heavy atom. The highest BCUT2D eigenvalue weighted by Crippen LogP contribution is 2.35. The second-order valence-electron chi connectivity index (χ2n) is 9.52. The lowest BCUT2D eigenvalue weighted by Gasteiger charge is -2.32. The fraction of sp³-hybridized carbons (Fsp3) is 0.167. The van der Waals surface area contributed by atoms with Gasteiger partial charge in [-0.25, -0.2) is 4.39 Å². The lowest BCUT2D eigenvalue weighted by Crippen LogP contribution is -2.45. The summed E-state index contributed by atoms with van der Waals surface area (Å²) < 4.78 is 60.5. The Bertz CT molecular complexity index is 1720. The summed E-state index contributed by atoms with van der Waals surface area (Å²) in [6.07, 6.45) is -4.73. The minimum Gasteiger partial charge on any atom is -0.458 e. The quantitative estimate of drug-likeness (QED) is 0.227. The Morgan fingerprint density at radius 2 is 1.72 bits per heavy atom. The zero-order chi connectivity index (χ0) is 30.6. The number of benzene rings is 3. The maximum Gasteiger partial charge on any atom is 0.416 e. The van der Waals surface area contributed by atoms with E-state index < -0.39 is 42.0 Å². The lowest BCUT2D eigenvalue weighted by atomic mass is 10.0. The number of amides is 2. The molecule has 0 saturated heterocycles. The number of tetrazole rings is 1. The van der Waals surface area contributed by atoms with Crippen LogP contribution in [-0.4, -0.2) is 32.0 Å². The Labute approximate surface area is 242 Å². The van der Waals surface area contributed by atoms with Gasteiger partial charge in [-0.15, -0.1) is 10.2 Å². The molecule has 0 aliphatic rings. The van der Waals surface area contributed by atoms with E-state index in [1.807, 2.05) is 0 Å². The lowest BCUT2D eigenvalue weighted by molar-refractivity contribution is -0.137. The van der Waals surface area contributed by atoms with Crippen LogP contribution in [0.4, 0.5) is 23.2 Å². The van der Waals surface area contributed by atoms with Crippen molar-refractivity contribution in [1.29, 1.82) is 0 Å². The number of alkyl halides is 3. The van der Waals surface area contributed by atoms with Gasteiger partial charge in [-0.3, -0.25) is 14.5 Å². The van der Waals surface area contributed by atoms with Crippen molar-refractivity contribution in [2.75, 3.05) is 4.90 Å². The van der Waals surface area contributed by atoms with Gasteiger partial charge < -0.3 is 9.73 Å². The van der Waals surface area contributed by atoms with E-state index in [1.54, 1.807) is 49.4 Å². The fourth-order valence-electron chi connectivity index (χ4n) is 4.37. The van der Waals surface area contributed by atoms with Gasteiger partial charge >= 0.3 is 6.18 Å². The number of aromatic nitrogens is 4. The van der Waals surface area contributed by atoms with Crippen LogP contribution in [0.1, 0.15) is 28.5 Å². The number of nitrogens with one attached hydrogen (secondary N) is 1. The number of anilines is 1. The summed E-state index contributed by atoms with van der Waals surface area (Å²) in [7, 11) is 0. The van der Waals surface area contributed by atoms with Crippen LogP contribution in [0.5, 0.6) is 0 Å². The van der Waals surface area contributed by atoms with E-state index in [0.717, 1.165) is 45.6 Å². The molecular formula is C30H24F4N6O3. The molecule has 2 aromatic heterocycles. The zero-order valence-electron chi connectivity index (χ0n) is 22.6. The van der Waals surface area contributed by atoms with Gasteiger partial charge in [-0.05, 0) is 65.7 Å². The average molecular weight is 593 g/mol. The van der Waals surface area contributed by atoms with E-state index in [1.165, 1.54) is 18.2 Å². The van der Waals surface area contributed by atoms with Gasteiger partial charge in [0, 0.05) is 12.2 Å². The van der Waals surface area contributed by atoms with E-state index in [9.17, 15) is 27.2 Å². The highest BCUT2D eigenvalue weighted by molar-refractivity contribution is 6.01. The first kappa shape index (κ1) is 29.2. The van der Waals surface area contributed by atoms with Gasteiger partial charge in [-0.1, -0.05) is 48.5 Å². The molecule has 0 aliphatic carbocycles. The number of nitrogens with zero attached hydrogens (tertiary/aromatic N) is 5. The highest BCUT2D eigenvalue weighted by atomic mass is 19.4. The largest absolute Gasteiger partial charge is 0.458 e. The molecule has 0 saturated carbocycles. The third kappa shape index (κ3) is 6.94. The molecule has 43 heavy (non-hydrogen) atoms. The molecule has 3 aromatic carbocycles. The van der Waals surface area contributed by atoms with Crippen molar-refractivity contribution >= 4 is 17.5 Å². The predicted octanol–water partition coefficient (Wildman–Crippen LogP) is 5.49. The van der Waals surface area contributed by atoms with E-state index in [0.29, 0.717) is 11.5 Å². The van der Waals surface area contributed by atoms with Crippen LogP contribution in [0.25, 0.3) is 11.6 Å². The third-order valence-electron chi connectivity index (χ3n) is 6.41. The summed E-state index contributed by atoms with van der Waals surface area (Å²) in [5.74, 6) is -1.15. The van der Waals surface area contributed by atoms with Crippen LogP contribution in [0.15, 0.2) is 95.4 Å². The Kier molecular flexibility index (Phi) is 8.32. The van der Waals surface area contributed by atoms with Gasteiger partial charge in [0.25, 0.3) is 5.91 Å². The van der Waals surface area contributed by atoms with Crippen LogP contribution in [0, 0.1) is 12.7 Å². The summed E-state index contributed by atoms with van der Waals surface area (Å²) in [4.78, 5) is 29.5. The average Bonchev–Trinajstić information content (AvgIpc) is 3.64. The summed E-state index contributed by atoms with van der Waals surface area (Å²) in [5, 5.41) is 14.7. The van der Waals surface area contributed by atoms with E-state index in [-0.39, 0.29) is 23.6 Å². The van der Waals surface area contributed by atoms with Crippen LogP contribution < -0.4 is 10.2 Å². The molecule has 2 amide bonds. The number of rotatable bonds is 9. The number of halogens is 4. The van der Waals surface area contributed by atoms with E-state index in [2.05, 4.69) is 20.7 Å². The number of hydrogen-bond acceptors (Lipinski definition) is 6. The van der Waals surface area contributed by atoms with Gasteiger partial charge in [0.1, 0.15) is 24.2 Å².